The third kappa shape index (κ3) is 6.27. The molecule has 244 valence electrons. The zero-order chi connectivity index (χ0) is 32.9. The van der Waals surface area contributed by atoms with Crippen molar-refractivity contribution in [3.05, 3.63) is 133 Å². The number of aromatic hydroxyl groups is 1. The molecule has 0 aliphatic carbocycles. The first-order valence-corrected chi connectivity index (χ1v) is 16.0. The molecular weight excluding hydrogens is 774 g/mol. The number of aromatic nitrogens is 3. The van der Waals surface area contributed by atoms with Crippen LogP contribution >= 0.6 is 0 Å². The van der Waals surface area contributed by atoms with Crippen LogP contribution in [0.3, 0.4) is 0 Å². The van der Waals surface area contributed by atoms with Crippen molar-refractivity contribution in [2.75, 3.05) is 0 Å². The predicted molar refractivity (Wildman–Crippen MR) is 192 cm³/mol. The van der Waals surface area contributed by atoms with E-state index in [0.29, 0.717) is 17.3 Å². The van der Waals surface area contributed by atoms with Crippen molar-refractivity contribution in [2.24, 2.45) is 0 Å². The first kappa shape index (κ1) is 33.2. The molecule has 3 aromatic heterocycles. The van der Waals surface area contributed by atoms with Gasteiger partial charge in [0, 0.05) is 49.9 Å². The quantitative estimate of drug-likeness (QED) is 0.176. The van der Waals surface area contributed by atoms with E-state index in [1.165, 1.54) is 5.56 Å². The van der Waals surface area contributed by atoms with E-state index in [1.54, 1.807) is 12.3 Å². The van der Waals surface area contributed by atoms with Crippen LogP contribution in [0, 0.1) is 6.07 Å². The third-order valence-corrected chi connectivity index (χ3v) is 8.62. The van der Waals surface area contributed by atoms with Crippen molar-refractivity contribution in [1.29, 1.82) is 0 Å². The number of benzene rings is 4. The van der Waals surface area contributed by atoms with Crippen LogP contribution in [0.25, 0.3) is 50.0 Å². The van der Waals surface area contributed by atoms with Gasteiger partial charge in [0.2, 0.25) is 5.88 Å². The van der Waals surface area contributed by atoms with Crippen LogP contribution in [0.4, 0.5) is 0 Å². The van der Waals surface area contributed by atoms with Gasteiger partial charge in [-0.15, -0.1) is 23.8 Å². The van der Waals surface area contributed by atoms with E-state index >= 15 is 0 Å². The summed E-state index contributed by atoms with van der Waals surface area (Å²) in [5.74, 6) is 1.24. The number of pyridine rings is 2. The van der Waals surface area contributed by atoms with Crippen molar-refractivity contribution >= 4 is 21.9 Å². The predicted octanol–water partition coefficient (Wildman–Crippen LogP) is 10.8. The number of rotatable bonds is 5. The van der Waals surface area contributed by atoms with E-state index < -0.39 is 0 Å². The van der Waals surface area contributed by atoms with E-state index in [1.807, 2.05) is 66.7 Å². The summed E-state index contributed by atoms with van der Waals surface area (Å²) in [6.45, 7) is 13.3. The largest absolute Gasteiger partial charge is 0.506 e. The number of fused-ring (bicyclic) bond motifs is 3. The Bertz CT molecular complexity index is 2260. The average molecular weight is 812 g/mol. The fourth-order valence-corrected chi connectivity index (χ4v) is 6.11. The Morgan fingerprint density at radius 1 is 0.708 bits per heavy atom. The first-order valence-electron chi connectivity index (χ1n) is 16.0. The molecule has 0 spiro atoms. The first-order chi connectivity index (χ1) is 22.5. The van der Waals surface area contributed by atoms with Gasteiger partial charge in [-0.25, -0.2) is 4.98 Å². The molecule has 0 saturated heterocycles. The van der Waals surface area contributed by atoms with Crippen LogP contribution in [0.1, 0.15) is 52.7 Å². The fourth-order valence-electron chi connectivity index (χ4n) is 6.11. The Balaban J connectivity index is 0.00000401. The van der Waals surface area contributed by atoms with Crippen molar-refractivity contribution in [1.82, 2.24) is 14.5 Å². The van der Waals surface area contributed by atoms with Crippen molar-refractivity contribution in [3.63, 3.8) is 0 Å². The van der Waals surface area contributed by atoms with Gasteiger partial charge in [-0.2, -0.15) is 0 Å². The van der Waals surface area contributed by atoms with Gasteiger partial charge in [0.25, 0.3) is 0 Å². The molecule has 0 aliphatic rings. The molecule has 5 nitrogen and oxygen atoms in total. The number of ether oxygens (including phenoxy) is 1. The number of para-hydroxylation sites is 2. The van der Waals surface area contributed by atoms with Gasteiger partial charge in [-0.1, -0.05) is 108 Å². The summed E-state index contributed by atoms with van der Waals surface area (Å²) in [4.78, 5) is 9.89. The zero-order valence-electron chi connectivity index (χ0n) is 28.0. The van der Waals surface area contributed by atoms with Crippen LogP contribution in [-0.2, 0) is 31.9 Å². The van der Waals surface area contributed by atoms with E-state index in [9.17, 15) is 5.11 Å². The van der Waals surface area contributed by atoms with Gasteiger partial charge >= 0.3 is 0 Å². The standard InChI is InChI=1S/C42H38N3O2.Pt/c1-41(2,3)30-19-20-35-32(25-30)33-26-34(42(4,5)6)39(44-40(33)45(35)36-17-10-11-18-37(36)46)29-15-12-16-31(23-29)47-38-24-28(21-22-43-38)27-13-8-7-9-14-27;/h7-22,24-26,46H,1-6H3;/q-1;. The molecule has 0 amide bonds. The monoisotopic (exact) mass is 811 g/mol. The van der Waals surface area contributed by atoms with Crippen LogP contribution in [0.5, 0.6) is 17.4 Å². The third-order valence-electron chi connectivity index (χ3n) is 8.62. The molecule has 0 radical (unpaired) electrons. The number of phenolic OH excluding ortho intramolecular Hbond substituents is 1. The molecule has 0 aliphatic heterocycles. The van der Waals surface area contributed by atoms with Crippen molar-refractivity contribution < 1.29 is 30.9 Å². The number of nitrogens with zero attached hydrogens (tertiary/aromatic N) is 3. The maximum absolute atomic E-state index is 11.0. The van der Waals surface area contributed by atoms with E-state index in [2.05, 4.69) is 93.6 Å². The Hall–Kier alpha value is -4.73. The van der Waals surface area contributed by atoms with Crippen molar-refractivity contribution in [3.8, 4) is 45.5 Å². The summed E-state index contributed by atoms with van der Waals surface area (Å²) < 4.78 is 8.36. The molecule has 0 saturated carbocycles. The molecule has 48 heavy (non-hydrogen) atoms. The minimum absolute atomic E-state index is 0. The Kier molecular flexibility index (Phi) is 8.78. The van der Waals surface area contributed by atoms with Crippen LogP contribution < -0.4 is 4.74 Å². The molecule has 0 atom stereocenters. The van der Waals surface area contributed by atoms with Gasteiger partial charge in [0.15, 0.2) is 0 Å². The number of phenols is 1. The Morgan fingerprint density at radius 3 is 2.19 bits per heavy atom. The minimum atomic E-state index is -0.224. The van der Waals surface area contributed by atoms with Crippen LogP contribution in [0.2, 0.25) is 0 Å². The molecule has 7 aromatic rings. The minimum Gasteiger partial charge on any atom is -0.506 e. The molecule has 7 rings (SSSR count). The summed E-state index contributed by atoms with van der Waals surface area (Å²) in [5, 5.41) is 13.2. The Morgan fingerprint density at radius 2 is 1.46 bits per heavy atom. The molecule has 0 unspecified atom stereocenters. The molecule has 3 heterocycles. The number of hydrogen-bond acceptors (Lipinski definition) is 4. The smallest absolute Gasteiger partial charge is 0.217 e. The molecule has 0 fully saturated rings. The molecule has 1 N–H and O–H groups in total. The summed E-state index contributed by atoms with van der Waals surface area (Å²) in [6.07, 6.45) is 1.76. The van der Waals surface area contributed by atoms with E-state index in [-0.39, 0.29) is 37.6 Å². The maximum atomic E-state index is 11.0. The normalized spacial score (nSPS) is 11.9. The SMILES string of the molecule is CC(C)(C)c1ccc2c(c1)c1cc(C(C)(C)C)c(-c3[c-]c(Oc4cc(-c5ccccc5)ccn4)ccc3)nc1n2-c1ccccc1O.[Pt]. The fraction of sp³-hybridized carbons (Fsp3) is 0.190. The zero-order valence-corrected chi connectivity index (χ0v) is 30.3. The van der Waals surface area contributed by atoms with Gasteiger partial charge in [0.05, 0.1) is 11.2 Å². The van der Waals surface area contributed by atoms with E-state index in [4.69, 9.17) is 9.72 Å². The average Bonchev–Trinajstić information content (AvgIpc) is 3.37. The topological polar surface area (TPSA) is 60.2 Å². The van der Waals surface area contributed by atoms with Gasteiger partial charge in [-0.05, 0) is 63.5 Å². The van der Waals surface area contributed by atoms with E-state index in [0.717, 1.165) is 49.9 Å². The maximum Gasteiger partial charge on any atom is 0.217 e. The van der Waals surface area contributed by atoms with Crippen molar-refractivity contribution in [2.45, 2.75) is 52.4 Å². The second-order valence-electron chi connectivity index (χ2n) is 14.1. The molecule has 0 bridgehead atoms. The Labute approximate surface area is 296 Å². The number of hydrogen-bond donors (Lipinski definition) is 1. The van der Waals surface area contributed by atoms with Gasteiger partial charge in [-0.3, -0.25) is 9.55 Å². The molecule has 4 aromatic carbocycles. The van der Waals surface area contributed by atoms with Crippen LogP contribution in [0.15, 0.2) is 115 Å². The van der Waals surface area contributed by atoms with Crippen LogP contribution in [-0.4, -0.2) is 19.6 Å². The second-order valence-corrected chi connectivity index (χ2v) is 14.1. The second kappa shape index (κ2) is 12.7. The molecular formula is C42H38N3O2Pt-. The molecule has 6 heteroatoms. The summed E-state index contributed by atoms with van der Waals surface area (Å²) in [5.41, 5.74) is 8.29. The summed E-state index contributed by atoms with van der Waals surface area (Å²) in [7, 11) is 0. The van der Waals surface area contributed by atoms with Gasteiger partial charge in [0.1, 0.15) is 11.4 Å². The van der Waals surface area contributed by atoms with Gasteiger partial charge < -0.3 is 9.84 Å². The summed E-state index contributed by atoms with van der Waals surface area (Å²) in [6, 6.07) is 39.8. The summed E-state index contributed by atoms with van der Waals surface area (Å²) >= 11 is 0.